The summed E-state index contributed by atoms with van der Waals surface area (Å²) in [5.41, 5.74) is -0.118. The molecule has 0 atom stereocenters. The molecule has 11 heteroatoms. The van der Waals surface area contributed by atoms with E-state index in [0.717, 1.165) is 6.07 Å². The van der Waals surface area contributed by atoms with Gasteiger partial charge < -0.3 is 0 Å². The Morgan fingerprint density at radius 2 is 1.87 bits per heavy atom. The average molecular weight is 372 g/mol. The molecule has 0 saturated carbocycles. The highest BCUT2D eigenvalue weighted by Gasteiger charge is 2.36. The van der Waals surface area contributed by atoms with Gasteiger partial charge in [0.2, 0.25) is 0 Å². The van der Waals surface area contributed by atoms with Crippen LogP contribution in [0.4, 0.5) is 17.1 Å². The molecule has 0 amide bonds. The first-order valence-corrected chi connectivity index (χ1v) is 7.94. The van der Waals surface area contributed by atoms with Gasteiger partial charge in [0.1, 0.15) is 11.2 Å². The quantitative estimate of drug-likeness (QED) is 0.609. The van der Waals surface area contributed by atoms with Crippen molar-refractivity contribution >= 4 is 21.8 Å². The first kappa shape index (κ1) is 17.7. The molecule has 1 aromatic carbocycles. The van der Waals surface area contributed by atoms with E-state index in [4.69, 9.17) is 11.6 Å². The van der Waals surface area contributed by atoms with Crippen LogP contribution in [-0.2, 0) is 16.4 Å². The van der Waals surface area contributed by atoms with E-state index in [-0.39, 0.29) is 22.2 Å². The first-order valence-electron chi connectivity index (χ1n) is 6.18. The predicted octanol–water partition coefficient (Wildman–Crippen LogP) is 3.72. The standard InChI is InChI=1S/C12H10ClF4N3O2S/c1-6(2)7-3-8(13)9(4-10(7)23(17,21)22)20-5-18-11(19-20)12(14,15)16/h3-6H,1-2H3. The summed E-state index contributed by atoms with van der Waals surface area (Å²) in [5, 5.41) is 3.11. The molecule has 0 radical (unpaired) electrons. The van der Waals surface area contributed by atoms with Crippen molar-refractivity contribution in [3.05, 3.63) is 34.9 Å². The maximum absolute atomic E-state index is 13.5. The maximum Gasteiger partial charge on any atom is 0.453 e. The van der Waals surface area contributed by atoms with Gasteiger partial charge in [-0.2, -0.15) is 21.6 Å². The largest absolute Gasteiger partial charge is 0.453 e. The lowest BCUT2D eigenvalue weighted by Gasteiger charge is -2.13. The van der Waals surface area contributed by atoms with Gasteiger partial charge in [-0.05, 0) is 23.6 Å². The minimum atomic E-state index is -5.09. The summed E-state index contributed by atoms with van der Waals surface area (Å²) in [6, 6.07) is 2.02. The summed E-state index contributed by atoms with van der Waals surface area (Å²) < 4.78 is 74.3. The van der Waals surface area contributed by atoms with Crippen LogP contribution < -0.4 is 0 Å². The zero-order valence-electron chi connectivity index (χ0n) is 11.8. The number of nitrogens with zero attached hydrogens (tertiary/aromatic N) is 3. The van der Waals surface area contributed by atoms with E-state index in [1.807, 2.05) is 0 Å². The summed E-state index contributed by atoms with van der Waals surface area (Å²) in [7, 11) is -5.09. The van der Waals surface area contributed by atoms with Crippen molar-refractivity contribution in [1.82, 2.24) is 14.8 Å². The summed E-state index contributed by atoms with van der Waals surface area (Å²) >= 11 is 5.97. The second-order valence-corrected chi connectivity index (χ2v) is 6.67. The highest BCUT2D eigenvalue weighted by Crippen LogP contribution is 2.33. The van der Waals surface area contributed by atoms with Gasteiger partial charge in [-0.1, -0.05) is 25.4 Å². The van der Waals surface area contributed by atoms with Gasteiger partial charge in [0.15, 0.2) is 0 Å². The predicted molar refractivity (Wildman–Crippen MR) is 73.8 cm³/mol. The van der Waals surface area contributed by atoms with E-state index in [1.54, 1.807) is 13.8 Å². The SMILES string of the molecule is CC(C)c1cc(Cl)c(-n2cnc(C(F)(F)F)n2)cc1S(=O)(=O)F. The van der Waals surface area contributed by atoms with Crippen LogP contribution in [0.15, 0.2) is 23.4 Å². The molecule has 0 fully saturated rings. The third-order valence-corrected chi connectivity index (χ3v) is 4.14. The van der Waals surface area contributed by atoms with Crippen LogP contribution >= 0.6 is 11.6 Å². The third-order valence-electron chi connectivity index (χ3n) is 2.96. The Morgan fingerprint density at radius 1 is 1.26 bits per heavy atom. The minimum absolute atomic E-state index is 0.0836. The zero-order valence-corrected chi connectivity index (χ0v) is 13.3. The van der Waals surface area contributed by atoms with Crippen LogP contribution in [0.1, 0.15) is 31.2 Å². The normalized spacial score (nSPS) is 12.9. The lowest BCUT2D eigenvalue weighted by molar-refractivity contribution is -0.144. The van der Waals surface area contributed by atoms with Crippen LogP contribution in [0.2, 0.25) is 5.02 Å². The van der Waals surface area contributed by atoms with Crippen molar-refractivity contribution in [2.24, 2.45) is 0 Å². The molecule has 5 nitrogen and oxygen atoms in total. The summed E-state index contributed by atoms with van der Waals surface area (Å²) in [4.78, 5) is 2.41. The molecule has 126 valence electrons. The number of alkyl halides is 3. The van der Waals surface area contributed by atoms with Crippen molar-refractivity contribution in [2.45, 2.75) is 30.8 Å². The summed E-state index contributed by atoms with van der Waals surface area (Å²) in [5.74, 6) is -1.80. The van der Waals surface area contributed by atoms with E-state index < -0.39 is 27.1 Å². The van der Waals surface area contributed by atoms with E-state index in [9.17, 15) is 25.5 Å². The second-order valence-electron chi connectivity index (χ2n) is 4.94. The van der Waals surface area contributed by atoms with Gasteiger partial charge >= 0.3 is 16.4 Å². The lowest BCUT2D eigenvalue weighted by atomic mass is 10.0. The zero-order chi connectivity index (χ0) is 17.6. The molecule has 1 aromatic heterocycles. The van der Waals surface area contributed by atoms with Gasteiger partial charge in [-0.3, -0.25) is 0 Å². The van der Waals surface area contributed by atoms with E-state index in [0.29, 0.717) is 11.0 Å². The third kappa shape index (κ3) is 3.63. The van der Waals surface area contributed by atoms with Crippen molar-refractivity contribution in [3.8, 4) is 5.69 Å². The number of hydrogen-bond donors (Lipinski definition) is 0. The molecule has 23 heavy (non-hydrogen) atoms. The Morgan fingerprint density at radius 3 is 2.30 bits per heavy atom. The number of rotatable bonds is 3. The van der Waals surface area contributed by atoms with E-state index in [2.05, 4.69) is 10.1 Å². The fraction of sp³-hybridized carbons (Fsp3) is 0.333. The Balaban J connectivity index is 2.67. The minimum Gasteiger partial charge on any atom is -0.219 e. The Kier molecular flexibility index (Phi) is 4.42. The van der Waals surface area contributed by atoms with Gasteiger partial charge in [0, 0.05) is 0 Å². The van der Waals surface area contributed by atoms with Crippen molar-refractivity contribution < 1.29 is 25.5 Å². The smallest absolute Gasteiger partial charge is 0.219 e. The van der Waals surface area contributed by atoms with Gasteiger partial charge in [-0.25, -0.2) is 9.67 Å². The van der Waals surface area contributed by atoms with Crippen LogP contribution in [0.5, 0.6) is 0 Å². The molecule has 0 aliphatic carbocycles. The van der Waals surface area contributed by atoms with Crippen molar-refractivity contribution in [1.29, 1.82) is 0 Å². The molecule has 0 unspecified atom stereocenters. The molecule has 2 rings (SSSR count). The number of benzene rings is 1. The lowest BCUT2D eigenvalue weighted by Crippen LogP contribution is -2.09. The number of hydrogen-bond acceptors (Lipinski definition) is 4. The van der Waals surface area contributed by atoms with Crippen LogP contribution in [-0.4, -0.2) is 23.2 Å². The Labute approximate surface area is 134 Å². The molecule has 0 bridgehead atoms. The topological polar surface area (TPSA) is 64.8 Å². The van der Waals surface area contributed by atoms with Gasteiger partial charge in [0.05, 0.1) is 10.7 Å². The average Bonchev–Trinajstić information content (AvgIpc) is 2.86. The highest BCUT2D eigenvalue weighted by molar-refractivity contribution is 7.86. The van der Waals surface area contributed by atoms with E-state index in [1.165, 1.54) is 6.07 Å². The highest BCUT2D eigenvalue weighted by atomic mass is 35.5. The van der Waals surface area contributed by atoms with Crippen LogP contribution in [0, 0.1) is 0 Å². The second kappa shape index (κ2) is 5.75. The Bertz CT molecular complexity index is 846. The molecule has 0 spiro atoms. The molecule has 0 aliphatic heterocycles. The van der Waals surface area contributed by atoms with Gasteiger partial charge in [-0.15, -0.1) is 8.98 Å². The summed E-state index contributed by atoms with van der Waals surface area (Å²) in [6.07, 6.45) is -4.06. The van der Waals surface area contributed by atoms with Crippen LogP contribution in [0.25, 0.3) is 5.69 Å². The maximum atomic E-state index is 13.5. The fourth-order valence-corrected chi connectivity index (χ4v) is 2.99. The molecule has 0 saturated heterocycles. The monoisotopic (exact) mass is 371 g/mol. The van der Waals surface area contributed by atoms with Crippen molar-refractivity contribution in [2.75, 3.05) is 0 Å². The molecule has 0 aliphatic rings. The number of halogens is 5. The molecule has 2 aromatic rings. The number of aromatic nitrogens is 3. The molecule has 1 heterocycles. The first-order chi connectivity index (χ1) is 10.4. The molecule has 0 N–H and O–H groups in total. The Hall–Kier alpha value is -1.68. The van der Waals surface area contributed by atoms with Crippen LogP contribution in [0.3, 0.4) is 0 Å². The van der Waals surface area contributed by atoms with E-state index >= 15 is 0 Å². The fourth-order valence-electron chi connectivity index (χ4n) is 1.90. The molecular weight excluding hydrogens is 362 g/mol. The summed E-state index contributed by atoms with van der Waals surface area (Å²) in [6.45, 7) is 3.24. The molecular formula is C12H10ClF4N3O2S. The van der Waals surface area contributed by atoms with Crippen molar-refractivity contribution in [3.63, 3.8) is 0 Å². The van der Waals surface area contributed by atoms with Gasteiger partial charge in [0.25, 0.3) is 5.82 Å².